The number of likely N-dealkylation sites (N-methyl/N-ethyl adjacent to an activating group) is 1. The van der Waals surface area contributed by atoms with Crippen LogP contribution < -0.4 is 15.2 Å². The zero-order chi connectivity index (χ0) is 20.2. The molecule has 3 heterocycles. The second-order valence-corrected chi connectivity index (χ2v) is 9.47. The number of aromatic amines is 1. The predicted molar refractivity (Wildman–Crippen MR) is 123 cm³/mol. The topological polar surface area (TPSA) is 48.6 Å². The average molecular weight is 414 g/mol. The van der Waals surface area contributed by atoms with E-state index in [-0.39, 0.29) is 5.56 Å². The number of anilines is 1. The predicted octanol–water partition coefficient (Wildman–Crippen LogP) is 3.63. The smallest absolute Gasteiger partial charge is 0.251 e. The van der Waals surface area contributed by atoms with Gasteiger partial charge in [-0.05, 0) is 50.6 Å². The molecule has 1 aromatic heterocycles. The fraction of sp³-hybridized carbons (Fsp3) is 0.522. The molecule has 0 spiro atoms. The van der Waals surface area contributed by atoms with Crippen molar-refractivity contribution < 1.29 is 4.74 Å². The summed E-state index contributed by atoms with van der Waals surface area (Å²) in [6.07, 6.45) is 1.86. The number of pyridine rings is 1. The minimum Gasteiger partial charge on any atom is -0.490 e. The van der Waals surface area contributed by atoms with Crippen LogP contribution in [0, 0.1) is 0 Å². The summed E-state index contributed by atoms with van der Waals surface area (Å²) in [7, 11) is 0. The summed E-state index contributed by atoms with van der Waals surface area (Å²) < 4.78 is 5.77. The fourth-order valence-electron chi connectivity index (χ4n) is 4.22. The van der Waals surface area contributed by atoms with Crippen molar-refractivity contribution in [3.63, 3.8) is 0 Å². The first-order valence-corrected chi connectivity index (χ1v) is 11.8. The van der Waals surface area contributed by atoms with E-state index in [2.05, 4.69) is 46.5 Å². The zero-order valence-corrected chi connectivity index (χ0v) is 18.3. The molecule has 5 nitrogen and oxygen atoms in total. The van der Waals surface area contributed by atoms with Crippen LogP contribution in [0.2, 0.25) is 0 Å². The summed E-state index contributed by atoms with van der Waals surface area (Å²) in [5, 5.41) is 0.720. The van der Waals surface area contributed by atoms with Crippen molar-refractivity contribution in [3.05, 3.63) is 46.2 Å². The molecule has 0 aliphatic carbocycles. The van der Waals surface area contributed by atoms with Gasteiger partial charge in [0.2, 0.25) is 0 Å². The second kappa shape index (κ2) is 9.26. The molecule has 4 rings (SSSR count). The Labute approximate surface area is 177 Å². The van der Waals surface area contributed by atoms with Crippen molar-refractivity contribution in [2.24, 2.45) is 0 Å². The molecule has 6 heteroatoms. The molecular weight excluding hydrogens is 382 g/mol. The van der Waals surface area contributed by atoms with Crippen molar-refractivity contribution in [3.8, 4) is 17.0 Å². The van der Waals surface area contributed by atoms with E-state index in [1.54, 1.807) is 0 Å². The van der Waals surface area contributed by atoms with Gasteiger partial charge in [-0.25, -0.2) is 0 Å². The van der Waals surface area contributed by atoms with Gasteiger partial charge in [-0.1, -0.05) is 13.0 Å². The third-order valence-corrected chi connectivity index (χ3v) is 6.98. The van der Waals surface area contributed by atoms with Gasteiger partial charge in [0.1, 0.15) is 12.4 Å². The number of hydrogen-bond acceptors (Lipinski definition) is 5. The highest BCUT2D eigenvalue weighted by Gasteiger charge is 2.18. The molecule has 2 aromatic rings. The van der Waals surface area contributed by atoms with Gasteiger partial charge in [-0.2, -0.15) is 11.8 Å². The lowest BCUT2D eigenvalue weighted by Gasteiger charge is -2.30. The first-order valence-electron chi connectivity index (χ1n) is 10.7. The van der Waals surface area contributed by atoms with E-state index in [4.69, 9.17) is 4.74 Å². The summed E-state index contributed by atoms with van der Waals surface area (Å²) in [6, 6.07) is 10.2. The number of hydrogen-bond donors (Lipinski definition) is 1. The quantitative estimate of drug-likeness (QED) is 0.784. The molecular formula is C23H31N3O2S. The molecule has 1 N–H and O–H groups in total. The molecule has 1 aromatic carbocycles. The van der Waals surface area contributed by atoms with E-state index in [9.17, 15) is 4.79 Å². The molecule has 1 unspecified atom stereocenters. The number of fused-ring (bicyclic) bond motifs is 1. The van der Waals surface area contributed by atoms with E-state index in [1.165, 1.54) is 12.3 Å². The Morgan fingerprint density at radius 1 is 1.24 bits per heavy atom. The molecule has 2 aliphatic heterocycles. The van der Waals surface area contributed by atoms with Gasteiger partial charge in [0.25, 0.3) is 5.56 Å². The number of benzene rings is 1. The van der Waals surface area contributed by atoms with Gasteiger partial charge in [0, 0.05) is 47.5 Å². The van der Waals surface area contributed by atoms with Crippen molar-refractivity contribution >= 4 is 17.4 Å². The van der Waals surface area contributed by atoms with Gasteiger partial charge in [0.05, 0.1) is 12.2 Å². The Balaban J connectivity index is 1.43. The van der Waals surface area contributed by atoms with Crippen LogP contribution >= 0.6 is 11.8 Å². The van der Waals surface area contributed by atoms with Crippen LogP contribution in [0.3, 0.4) is 0 Å². The minimum atomic E-state index is 0.0337. The molecule has 156 valence electrons. The van der Waals surface area contributed by atoms with Gasteiger partial charge in [0.15, 0.2) is 0 Å². The molecule has 1 fully saturated rings. The lowest BCUT2D eigenvalue weighted by molar-refractivity contribution is 0.283. The van der Waals surface area contributed by atoms with Crippen LogP contribution in [0.1, 0.15) is 25.8 Å². The molecule has 2 aliphatic rings. The van der Waals surface area contributed by atoms with E-state index < -0.39 is 0 Å². The maximum absolute atomic E-state index is 12.6. The number of thioether (sulfide) groups is 1. The highest BCUT2D eigenvalue weighted by molar-refractivity contribution is 7.99. The Bertz CT molecular complexity index is 898. The van der Waals surface area contributed by atoms with Gasteiger partial charge in [-0.3, -0.25) is 4.79 Å². The van der Waals surface area contributed by atoms with Crippen LogP contribution in [0.4, 0.5) is 5.69 Å². The van der Waals surface area contributed by atoms with Crippen LogP contribution in [-0.4, -0.2) is 60.2 Å². The lowest BCUT2D eigenvalue weighted by Crippen LogP contribution is -2.37. The highest BCUT2D eigenvalue weighted by Crippen LogP contribution is 2.34. The van der Waals surface area contributed by atoms with E-state index >= 15 is 0 Å². The number of H-pyrrole nitrogens is 1. The van der Waals surface area contributed by atoms with Crippen LogP contribution in [0.25, 0.3) is 11.3 Å². The van der Waals surface area contributed by atoms with Gasteiger partial charge < -0.3 is 19.5 Å². The number of rotatable bonds is 6. The maximum Gasteiger partial charge on any atom is 0.251 e. The standard InChI is InChI=1S/C23H31N3O2S/c1-3-26-11-13-28-22-9-7-19(15-21(22)26)20-8-6-18(23(27)24-20)5-4-10-25-12-14-29-17(2)16-25/h6-9,15,17H,3-5,10-14,16H2,1-2H3,(H,24,27). The zero-order valence-electron chi connectivity index (χ0n) is 17.4. The number of ether oxygens (including phenoxy) is 1. The van der Waals surface area contributed by atoms with Gasteiger partial charge >= 0.3 is 0 Å². The van der Waals surface area contributed by atoms with Crippen molar-refractivity contribution in [1.29, 1.82) is 0 Å². The van der Waals surface area contributed by atoms with Crippen LogP contribution in [0.15, 0.2) is 35.1 Å². The SMILES string of the molecule is CCN1CCOc2ccc(-c3ccc(CCCN4CCSC(C)C4)c(=O)[nH]3)cc21. The number of aromatic nitrogens is 1. The minimum absolute atomic E-state index is 0.0337. The molecule has 29 heavy (non-hydrogen) atoms. The Kier molecular flexibility index (Phi) is 6.50. The summed E-state index contributed by atoms with van der Waals surface area (Å²) in [6.45, 7) is 10.4. The molecule has 1 saturated heterocycles. The largest absolute Gasteiger partial charge is 0.490 e. The highest BCUT2D eigenvalue weighted by atomic mass is 32.2. The summed E-state index contributed by atoms with van der Waals surface area (Å²) in [4.78, 5) is 20.6. The summed E-state index contributed by atoms with van der Waals surface area (Å²) in [5.41, 5.74) is 3.91. The van der Waals surface area contributed by atoms with Crippen molar-refractivity contribution in [1.82, 2.24) is 9.88 Å². The van der Waals surface area contributed by atoms with Gasteiger partial charge in [-0.15, -0.1) is 0 Å². The maximum atomic E-state index is 12.6. The van der Waals surface area contributed by atoms with Crippen LogP contribution in [0.5, 0.6) is 5.75 Å². The third kappa shape index (κ3) is 4.81. The van der Waals surface area contributed by atoms with Crippen molar-refractivity contribution in [2.75, 3.05) is 50.0 Å². The normalized spacial score (nSPS) is 19.7. The summed E-state index contributed by atoms with van der Waals surface area (Å²) in [5.74, 6) is 2.14. The monoisotopic (exact) mass is 413 g/mol. The van der Waals surface area contributed by atoms with Crippen LogP contribution in [-0.2, 0) is 6.42 Å². The molecule has 1 atom stereocenters. The van der Waals surface area contributed by atoms with E-state index in [0.29, 0.717) is 0 Å². The van der Waals surface area contributed by atoms with Crippen molar-refractivity contribution in [2.45, 2.75) is 31.9 Å². The molecule has 0 saturated carbocycles. The molecule has 0 amide bonds. The molecule has 0 radical (unpaired) electrons. The first-order chi connectivity index (χ1) is 14.1. The Morgan fingerprint density at radius 2 is 2.14 bits per heavy atom. The third-order valence-electron chi connectivity index (χ3n) is 5.85. The summed E-state index contributed by atoms with van der Waals surface area (Å²) >= 11 is 2.06. The number of nitrogens with one attached hydrogen (secondary N) is 1. The Hall–Kier alpha value is -1.92. The fourth-order valence-corrected chi connectivity index (χ4v) is 5.31. The second-order valence-electron chi connectivity index (χ2n) is 7.92. The number of nitrogens with zero attached hydrogens (tertiary/aromatic N) is 2. The lowest BCUT2D eigenvalue weighted by atomic mass is 10.1. The average Bonchev–Trinajstić information content (AvgIpc) is 2.74. The Morgan fingerprint density at radius 3 is 2.93 bits per heavy atom. The number of aryl methyl sites for hydroxylation is 1. The van der Waals surface area contributed by atoms with E-state index in [0.717, 1.165) is 79.1 Å². The van der Waals surface area contributed by atoms with E-state index in [1.807, 2.05) is 24.3 Å². The first kappa shape index (κ1) is 20.4. The molecule has 0 bridgehead atoms.